The lowest BCUT2D eigenvalue weighted by Gasteiger charge is -2.10. The van der Waals surface area contributed by atoms with Crippen LogP contribution in [0.5, 0.6) is 0 Å². The van der Waals surface area contributed by atoms with Crippen LogP contribution in [-0.2, 0) is 6.42 Å². The molecule has 1 amide bonds. The van der Waals surface area contributed by atoms with Gasteiger partial charge in [-0.05, 0) is 43.0 Å². The predicted octanol–water partition coefficient (Wildman–Crippen LogP) is 2.75. The van der Waals surface area contributed by atoms with Crippen LogP contribution >= 0.6 is 0 Å². The first-order valence-corrected chi connectivity index (χ1v) is 7.41. The molecule has 0 unspecified atom stereocenters. The van der Waals surface area contributed by atoms with Crippen molar-refractivity contribution in [2.24, 2.45) is 5.73 Å². The Hall–Kier alpha value is -2.13. The van der Waals surface area contributed by atoms with E-state index in [-0.39, 0.29) is 5.91 Å². The lowest BCUT2D eigenvalue weighted by atomic mass is 9.99. The van der Waals surface area contributed by atoms with E-state index >= 15 is 0 Å². The number of carbonyl (C=O) groups is 1. The van der Waals surface area contributed by atoms with Crippen LogP contribution in [0.4, 0.5) is 0 Å². The fourth-order valence-electron chi connectivity index (χ4n) is 2.28. The minimum Gasteiger partial charge on any atom is -0.352 e. The SMILES string of the molecule is NCCCCNC(=O)c1ccccc1Cc1ccccc1. The Labute approximate surface area is 126 Å². The molecule has 0 radical (unpaired) electrons. The number of hydrogen-bond acceptors (Lipinski definition) is 2. The van der Waals surface area contributed by atoms with Crippen molar-refractivity contribution in [3.63, 3.8) is 0 Å². The Balaban J connectivity index is 2.04. The Bertz CT molecular complexity index is 566. The molecular formula is C18H22N2O. The van der Waals surface area contributed by atoms with E-state index in [4.69, 9.17) is 5.73 Å². The number of rotatable bonds is 7. The van der Waals surface area contributed by atoms with Crippen molar-refractivity contribution in [1.29, 1.82) is 0 Å². The van der Waals surface area contributed by atoms with Crippen LogP contribution in [0, 0.1) is 0 Å². The summed E-state index contributed by atoms with van der Waals surface area (Å²) in [5.74, 6) is -0.00134. The number of carbonyl (C=O) groups excluding carboxylic acids is 1. The topological polar surface area (TPSA) is 55.1 Å². The first kappa shape index (κ1) is 15.3. The van der Waals surface area contributed by atoms with Crippen LogP contribution in [0.25, 0.3) is 0 Å². The number of nitrogens with two attached hydrogens (primary N) is 1. The van der Waals surface area contributed by atoms with Gasteiger partial charge in [0.15, 0.2) is 0 Å². The van der Waals surface area contributed by atoms with E-state index in [0.29, 0.717) is 13.1 Å². The molecule has 0 saturated carbocycles. The van der Waals surface area contributed by atoms with Crippen LogP contribution in [0.3, 0.4) is 0 Å². The second kappa shape index (κ2) is 8.22. The van der Waals surface area contributed by atoms with Crippen molar-refractivity contribution < 1.29 is 4.79 Å². The van der Waals surface area contributed by atoms with Gasteiger partial charge in [0.1, 0.15) is 0 Å². The fourth-order valence-corrected chi connectivity index (χ4v) is 2.28. The normalized spacial score (nSPS) is 10.3. The van der Waals surface area contributed by atoms with Crippen molar-refractivity contribution in [2.45, 2.75) is 19.3 Å². The quantitative estimate of drug-likeness (QED) is 0.767. The van der Waals surface area contributed by atoms with Crippen molar-refractivity contribution in [3.05, 3.63) is 71.3 Å². The summed E-state index contributed by atoms with van der Waals surface area (Å²) < 4.78 is 0. The van der Waals surface area contributed by atoms with Gasteiger partial charge in [-0.2, -0.15) is 0 Å². The van der Waals surface area contributed by atoms with E-state index in [9.17, 15) is 4.79 Å². The monoisotopic (exact) mass is 282 g/mol. The molecule has 2 aromatic rings. The van der Waals surface area contributed by atoms with Gasteiger partial charge in [0.25, 0.3) is 5.91 Å². The maximum Gasteiger partial charge on any atom is 0.251 e. The van der Waals surface area contributed by atoms with Crippen LogP contribution in [-0.4, -0.2) is 19.0 Å². The molecule has 0 spiro atoms. The van der Waals surface area contributed by atoms with Gasteiger partial charge in [-0.3, -0.25) is 4.79 Å². The summed E-state index contributed by atoms with van der Waals surface area (Å²) in [6.45, 7) is 1.34. The molecule has 0 aliphatic heterocycles. The number of nitrogens with one attached hydrogen (secondary N) is 1. The van der Waals surface area contributed by atoms with Gasteiger partial charge < -0.3 is 11.1 Å². The Kier molecular flexibility index (Phi) is 5.98. The summed E-state index contributed by atoms with van der Waals surface area (Å²) in [5.41, 5.74) is 8.48. The highest BCUT2D eigenvalue weighted by atomic mass is 16.1. The molecule has 0 fully saturated rings. The molecule has 21 heavy (non-hydrogen) atoms. The molecule has 3 heteroatoms. The summed E-state index contributed by atoms with van der Waals surface area (Å²) >= 11 is 0. The van der Waals surface area contributed by atoms with Crippen molar-refractivity contribution in [1.82, 2.24) is 5.32 Å². The molecule has 3 N–H and O–H groups in total. The maximum atomic E-state index is 12.3. The number of unbranched alkanes of at least 4 members (excludes halogenated alkanes) is 1. The van der Waals surface area contributed by atoms with Gasteiger partial charge in [0, 0.05) is 12.1 Å². The summed E-state index contributed by atoms with van der Waals surface area (Å²) in [6.07, 6.45) is 2.63. The third-order valence-electron chi connectivity index (χ3n) is 3.42. The molecule has 0 aliphatic carbocycles. The van der Waals surface area contributed by atoms with Crippen molar-refractivity contribution in [2.75, 3.05) is 13.1 Å². The Morgan fingerprint density at radius 2 is 1.67 bits per heavy atom. The average Bonchev–Trinajstić information content (AvgIpc) is 2.53. The largest absolute Gasteiger partial charge is 0.352 e. The molecule has 0 bridgehead atoms. The van der Waals surface area contributed by atoms with E-state index in [0.717, 1.165) is 30.4 Å². The van der Waals surface area contributed by atoms with E-state index in [1.807, 2.05) is 42.5 Å². The molecule has 0 atom stereocenters. The zero-order valence-electron chi connectivity index (χ0n) is 12.2. The summed E-state index contributed by atoms with van der Waals surface area (Å²) in [5, 5.41) is 2.97. The molecule has 0 heterocycles. The predicted molar refractivity (Wildman–Crippen MR) is 86.3 cm³/mol. The molecule has 0 aromatic heterocycles. The van der Waals surface area contributed by atoms with Gasteiger partial charge >= 0.3 is 0 Å². The molecule has 0 saturated heterocycles. The van der Waals surface area contributed by atoms with Crippen LogP contribution in [0.1, 0.15) is 34.3 Å². The molecule has 110 valence electrons. The van der Waals surface area contributed by atoms with Gasteiger partial charge in [-0.25, -0.2) is 0 Å². The summed E-state index contributed by atoms with van der Waals surface area (Å²) in [4.78, 5) is 12.3. The number of amides is 1. The summed E-state index contributed by atoms with van der Waals surface area (Å²) in [7, 11) is 0. The average molecular weight is 282 g/mol. The van der Waals surface area contributed by atoms with E-state index in [1.165, 1.54) is 5.56 Å². The van der Waals surface area contributed by atoms with Gasteiger partial charge in [0.2, 0.25) is 0 Å². The van der Waals surface area contributed by atoms with E-state index in [1.54, 1.807) is 0 Å². The van der Waals surface area contributed by atoms with Crippen molar-refractivity contribution >= 4 is 5.91 Å². The molecular weight excluding hydrogens is 260 g/mol. The fraction of sp³-hybridized carbons (Fsp3) is 0.278. The zero-order valence-corrected chi connectivity index (χ0v) is 12.2. The third-order valence-corrected chi connectivity index (χ3v) is 3.42. The second-order valence-corrected chi connectivity index (χ2v) is 5.07. The Morgan fingerprint density at radius 3 is 2.43 bits per heavy atom. The highest BCUT2D eigenvalue weighted by Crippen LogP contribution is 2.14. The van der Waals surface area contributed by atoms with Gasteiger partial charge in [-0.1, -0.05) is 48.5 Å². The first-order chi connectivity index (χ1) is 10.3. The lowest BCUT2D eigenvalue weighted by Crippen LogP contribution is -2.26. The number of hydrogen-bond donors (Lipinski definition) is 2. The molecule has 2 aromatic carbocycles. The van der Waals surface area contributed by atoms with Crippen LogP contribution in [0.2, 0.25) is 0 Å². The minimum absolute atomic E-state index is 0.00134. The molecule has 0 aliphatic rings. The second-order valence-electron chi connectivity index (χ2n) is 5.07. The van der Waals surface area contributed by atoms with E-state index < -0.39 is 0 Å². The smallest absolute Gasteiger partial charge is 0.251 e. The molecule has 3 nitrogen and oxygen atoms in total. The molecule has 2 rings (SSSR count). The minimum atomic E-state index is -0.00134. The van der Waals surface area contributed by atoms with Crippen molar-refractivity contribution in [3.8, 4) is 0 Å². The van der Waals surface area contributed by atoms with Gasteiger partial charge in [0.05, 0.1) is 0 Å². The zero-order chi connectivity index (χ0) is 14.9. The standard InChI is InChI=1S/C18H22N2O/c19-12-6-7-13-20-18(21)17-11-5-4-10-16(17)14-15-8-2-1-3-9-15/h1-5,8-11H,6-7,12-14,19H2,(H,20,21). The van der Waals surface area contributed by atoms with Gasteiger partial charge in [-0.15, -0.1) is 0 Å². The number of benzene rings is 2. The highest BCUT2D eigenvalue weighted by Gasteiger charge is 2.10. The first-order valence-electron chi connectivity index (χ1n) is 7.41. The van der Waals surface area contributed by atoms with Crippen LogP contribution < -0.4 is 11.1 Å². The maximum absolute atomic E-state index is 12.3. The Morgan fingerprint density at radius 1 is 0.952 bits per heavy atom. The highest BCUT2D eigenvalue weighted by molar-refractivity contribution is 5.95. The van der Waals surface area contributed by atoms with Crippen LogP contribution in [0.15, 0.2) is 54.6 Å². The third kappa shape index (κ3) is 4.72. The lowest BCUT2D eigenvalue weighted by molar-refractivity contribution is 0.0952. The summed E-state index contributed by atoms with van der Waals surface area (Å²) in [6, 6.07) is 18.0. The van der Waals surface area contributed by atoms with E-state index in [2.05, 4.69) is 17.4 Å².